The summed E-state index contributed by atoms with van der Waals surface area (Å²) in [6, 6.07) is 11.4. The highest BCUT2D eigenvalue weighted by molar-refractivity contribution is 9.09. The smallest absolute Gasteiger partial charge is 0.233 e. The molecular formula is C17H20BrNO. The lowest BCUT2D eigenvalue weighted by Gasteiger charge is -2.39. The number of benzene rings is 1. The van der Waals surface area contributed by atoms with E-state index in [2.05, 4.69) is 45.1 Å². The van der Waals surface area contributed by atoms with Crippen LogP contribution in [0.2, 0.25) is 0 Å². The highest BCUT2D eigenvalue weighted by Gasteiger charge is 2.56. The van der Waals surface area contributed by atoms with Crippen LogP contribution in [0.25, 0.3) is 0 Å². The number of carbonyl (C=O) groups excluding carboxylic acids is 1. The molecule has 3 heteroatoms. The molecule has 0 spiro atoms. The van der Waals surface area contributed by atoms with E-state index < -0.39 is 0 Å². The molecule has 20 heavy (non-hydrogen) atoms. The molecule has 1 aliphatic carbocycles. The van der Waals surface area contributed by atoms with Crippen LogP contribution in [0.3, 0.4) is 0 Å². The molecule has 2 saturated heterocycles. The number of amides is 1. The van der Waals surface area contributed by atoms with Gasteiger partial charge in [-0.05, 0) is 44.1 Å². The van der Waals surface area contributed by atoms with Crippen LogP contribution in [-0.2, 0) is 10.2 Å². The summed E-state index contributed by atoms with van der Waals surface area (Å²) in [6.45, 7) is 0. The molecule has 3 fully saturated rings. The Balaban J connectivity index is 1.62. The maximum atomic E-state index is 13.2. The Morgan fingerprint density at radius 3 is 2.25 bits per heavy atom. The normalized spacial score (nSPS) is 34.0. The molecule has 0 aromatic heterocycles. The van der Waals surface area contributed by atoms with Crippen LogP contribution in [-0.4, -0.2) is 27.7 Å². The Morgan fingerprint density at radius 1 is 1.10 bits per heavy atom. The van der Waals surface area contributed by atoms with Crippen LogP contribution >= 0.6 is 15.9 Å². The van der Waals surface area contributed by atoms with E-state index in [-0.39, 0.29) is 5.41 Å². The summed E-state index contributed by atoms with van der Waals surface area (Å²) < 4.78 is 0. The fourth-order valence-corrected chi connectivity index (χ4v) is 5.06. The average Bonchev–Trinajstić information content (AvgIpc) is 3.22. The number of piperidine rings is 1. The van der Waals surface area contributed by atoms with Gasteiger partial charge >= 0.3 is 0 Å². The minimum atomic E-state index is -0.179. The van der Waals surface area contributed by atoms with Gasteiger partial charge in [-0.15, -0.1) is 0 Å². The first-order valence-electron chi connectivity index (χ1n) is 7.73. The summed E-state index contributed by atoms with van der Waals surface area (Å²) in [7, 11) is 0. The van der Waals surface area contributed by atoms with Gasteiger partial charge in [0.2, 0.25) is 5.91 Å². The van der Waals surface area contributed by atoms with Crippen molar-refractivity contribution in [3.8, 4) is 0 Å². The molecule has 2 atom stereocenters. The van der Waals surface area contributed by atoms with E-state index in [0.29, 0.717) is 22.8 Å². The van der Waals surface area contributed by atoms with Gasteiger partial charge < -0.3 is 4.90 Å². The van der Waals surface area contributed by atoms with Gasteiger partial charge in [-0.3, -0.25) is 4.79 Å². The monoisotopic (exact) mass is 333 g/mol. The maximum absolute atomic E-state index is 13.2. The quantitative estimate of drug-likeness (QED) is 0.756. The van der Waals surface area contributed by atoms with Crippen LogP contribution in [0.5, 0.6) is 0 Å². The molecule has 106 valence electrons. The molecule has 4 rings (SSSR count). The second-order valence-electron chi connectivity index (χ2n) is 6.61. The standard InChI is InChI=1S/C17H20BrNO/c18-13-10-14-6-7-15(11-13)19(14)16(20)17(8-9-17)12-4-2-1-3-5-12/h1-5,13-15H,6-11H2. The number of hydrogen-bond donors (Lipinski definition) is 0. The van der Waals surface area contributed by atoms with Gasteiger partial charge in [0.1, 0.15) is 0 Å². The Morgan fingerprint density at radius 2 is 1.70 bits per heavy atom. The van der Waals surface area contributed by atoms with Gasteiger partial charge in [0.05, 0.1) is 5.41 Å². The van der Waals surface area contributed by atoms with Gasteiger partial charge in [0, 0.05) is 16.9 Å². The SMILES string of the molecule is O=C(N1C2CCC1CC(Br)C2)C1(c2ccccc2)CC1. The van der Waals surface area contributed by atoms with Crippen molar-refractivity contribution in [2.45, 2.75) is 60.9 Å². The fourth-order valence-electron chi connectivity index (χ4n) is 4.20. The highest BCUT2D eigenvalue weighted by atomic mass is 79.9. The summed E-state index contributed by atoms with van der Waals surface area (Å²) in [5.41, 5.74) is 1.05. The van der Waals surface area contributed by atoms with Crippen molar-refractivity contribution in [1.29, 1.82) is 0 Å². The number of alkyl halides is 1. The van der Waals surface area contributed by atoms with E-state index in [0.717, 1.165) is 25.7 Å². The van der Waals surface area contributed by atoms with Gasteiger partial charge in [0.15, 0.2) is 0 Å². The molecule has 1 amide bonds. The summed E-state index contributed by atoms with van der Waals surface area (Å²) in [5, 5.41) is 0. The number of halogens is 1. The Bertz CT molecular complexity index is 511. The van der Waals surface area contributed by atoms with Gasteiger partial charge in [-0.25, -0.2) is 0 Å². The number of rotatable bonds is 2. The molecule has 3 aliphatic rings. The largest absolute Gasteiger partial charge is 0.336 e. The lowest BCUT2D eigenvalue weighted by atomic mass is 9.91. The highest BCUT2D eigenvalue weighted by Crippen LogP contribution is 2.52. The van der Waals surface area contributed by atoms with Crippen LogP contribution in [0.15, 0.2) is 30.3 Å². The van der Waals surface area contributed by atoms with Gasteiger partial charge in [0.25, 0.3) is 0 Å². The zero-order valence-electron chi connectivity index (χ0n) is 11.6. The molecule has 2 nitrogen and oxygen atoms in total. The van der Waals surface area contributed by atoms with E-state index in [1.165, 1.54) is 18.4 Å². The predicted octanol–water partition coefficient (Wildman–Crippen LogP) is 3.64. The molecule has 1 saturated carbocycles. The molecular weight excluding hydrogens is 314 g/mol. The van der Waals surface area contributed by atoms with Crippen LogP contribution in [0.4, 0.5) is 0 Å². The third-order valence-electron chi connectivity index (χ3n) is 5.40. The predicted molar refractivity (Wildman–Crippen MR) is 83.0 cm³/mol. The minimum absolute atomic E-state index is 0.179. The van der Waals surface area contributed by atoms with Crippen LogP contribution in [0, 0.1) is 0 Å². The maximum Gasteiger partial charge on any atom is 0.233 e. The zero-order valence-corrected chi connectivity index (χ0v) is 13.2. The molecule has 1 aromatic rings. The molecule has 0 N–H and O–H groups in total. The summed E-state index contributed by atoms with van der Waals surface area (Å²) in [5.74, 6) is 0.413. The molecule has 2 aliphatic heterocycles. The average molecular weight is 334 g/mol. The Kier molecular flexibility index (Phi) is 2.95. The Hall–Kier alpha value is -0.830. The van der Waals surface area contributed by atoms with Gasteiger partial charge in [-0.1, -0.05) is 46.3 Å². The van der Waals surface area contributed by atoms with E-state index in [1.54, 1.807) is 0 Å². The third kappa shape index (κ3) is 1.86. The van der Waals surface area contributed by atoms with Crippen molar-refractivity contribution in [2.75, 3.05) is 0 Å². The van der Waals surface area contributed by atoms with E-state index in [9.17, 15) is 4.79 Å². The van der Waals surface area contributed by atoms with Crippen molar-refractivity contribution in [2.24, 2.45) is 0 Å². The molecule has 0 radical (unpaired) electrons. The number of carbonyl (C=O) groups is 1. The van der Waals surface area contributed by atoms with E-state index in [1.807, 2.05) is 6.07 Å². The van der Waals surface area contributed by atoms with Crippen molar-refractivity contribution in [1.82, 2.24) is 4.90 Å². The lowest BCUT2D eigenvalue weighted by Crippen LogP contribution is -2.50. The molecule has 2 bridgehead atoms. The summed E-state index contributed by atoms with van der Waals surface area (Å²) in [6.07, 6.45) is 6.72. The summed E-state index contributed by atoms with van der Waals surface area (Å²) >= 11 is 3.76. The molecule has 2 unspecified atom stereocenters. The van der Waals surface area contributed by atoms with Gasteiger partial charge in [-0.2, -0.15) is 0 Å². The van der Waals surface area contributed by atoms with Crippen molar-refractivity contribution in [3.05, 3.63) is 35.9 Å². The van der Waals surface area contributed by atoms with E-state index >= 15 is 0 Å². The first kappa shape index (κ1) is 12.9. The number of fused-ring (bicyclic) bond motifs is 2. The minimum Gasteiger partial charge on any atom is -0.336 e. The second-order valence-corrected chi connectivity index (χ2v) is 7.91. The fraction of sp³-hybridized carbons (Fsp3) is 0.588. The molecule has 1 aromatic carbocycles. The van der Waals surface area contributed by atoms with Crippen molar-refractivity contribution >= 4 is 21.8 Å². The number of nitrogens with zero attached hydrogens (tertiary/aromatic N) is 1. The van der Waals surface area contributed by atoms with Crippen LogP contribution < -0.4 is 0 Å². The van der Waals surface area contributed by atoms with E-state index in [4.69, 9.17) is 0 Å². The first-order valence-corrected chi connectivity index (χ1v) is 8.65. The zero-order chi connectivity index (χ0) is 13.7. The molecule has 2 heterocycles. The van der Waals surface area contributed by atoms with Crippen molar-refractivity contribution < 1.29 is 4.79 Å². The van der Waals surface area contributed by atoms with Crippen LogP contribution in [0.1, 0.15) is 44.1 Å². The Labute approximate surface area is 128 Å². The third-order valence-corrected chi connectivity index (χ3v) is 6.14. The summed E-state index contributed by atoms with van der Waals surface area (Å²) in [4.78, 5) is 16.0. The lowest BCUT2D eigenvalue weighted by molar-refractivity contribution is -0.138. The number of hydrogen-bond acceptors (Lipinski definition) is 1. The van der Waals surface area contributed by atoms with Crippen molar-refractivity contribution in [3.63, 3.8) is 0 Å². The topological polar surface area (TPSA) is 20.3 Å². The second kappa shape index (κ2) is 4.59. The first-order chi connectivity index (χ1) is 9.71.